The molecule has 0 aromatic heterocycles. The van der Waals surface area contributed by atoms with Crippen LogP contribution in [0.15, 0.2) is 52.0 Å². The topological polar surface area (TPSA) is 53.5 Å². The molecule has 4 nitrogen and oxygen atoms in total. The van der Waals surface area contributed by atoms with Gasteiger partial charge >= 0.3 is 0 Å². The van der Waals surface area contributed by atoms with Crippen LogP contribution in [-0.2, 0) is 4.79 Å². The molecule has 0 atom stereocenters. The van der Waals surface area contributed by atoms with Gasteiger partial charge in [-0.15, -0.1) is 0 Å². The molecule has 0 unspecified atom stereocenters. The molecule has 0 saturated heterocycles. The largest absolute Gasteiger partial charge is 0.376 e. The van der Waals surface area contributed by atoms with Gasteiger partial charge in [-0.25, -0.2) is 5.43 Å². The number of halogens is 2. The molecule has 1 amide bonds. The molecule has 2 aromatic carbocycles. The molecular formula is C16H15BrIN3O. The predicted molar refractivity (Wildman–Crippen MR) is 102 cm³/mol. The van der Waals surface area contributed by atoms with E-state index >= 15 is 0 Å². The molecule has 114 valence electrons. The fourth-order valence-electron chi connectivity index (χ4n) is 1.66. The van der Waals surface area contributed by atoms with Gasteiger partial charge in [0.25, 0.3) is 5.91 Å². The zero-order chi connectivity index (χ0) is 15.9. The van der Waals surface area contributed by atoms with E-state index in [1.54, 1.807) is 6.21 Å². The number of hydrogen-bond acceptors (Lipinski definition) is 3. The van der Waals surface area contributed by atoms with Gasteiger partial charge in [-0.05, 0) is 71.0 Å². The van der Waals surface area contributed by atoms with Crippen LogP contribution in [0.3, 0.4) is 0 Å². The molecule has 0 radical (unpaired) electrons. The lowest BCUT2D eigenvalue weighted by Crippen LogP contribution is -2.25. The minimum absolute atomic E-state index is 0.176. The second-order valence-electron chi connectivity index (χ2n) is 4.66. The second-order valence-corrected chi connectivity index (χ2v) is 6.76. The number of aryl methyl sites for hydroxylation is 1. The lowest BCUT2D eigenvalue weighted by atomic mass is 10.2. The zero-order valence-corrected chi connectivity index (χ0v) is 15.7. The van der Waals surface area contributed by atoms with E-state index in [2.05, 4.69) is 54.4 Å². The van der Waals surface area contributed by atoms with Crippen LogP contribution in [0.2, 0.25) is 0 Å². The summed E-state index contributed by atoms with van der Waals surface area (Å²) in [6.45, 7) is 2.19. The van der Waals surface area contributed by atoms with Crippen molar-refractivity contribution >= 4 is 56.3 Å². The molecule has 0 heterocycles. The minimum atomic E-state index is -0.194. The van der Waals surface area contributed by atoms with Crippen molar-refractivity contribution in [2.24, 2.45) is 5.10 Å². The highest BCUT2D eigenvalue weighted by atomic mass is 127. The molecule has 2 N–H and O–H groups in total. The first-order chi connectivity index (χ1) is 10.5. The number of nitrogens with zero attached hydrogens (tertiary/aromatic N) is 1. The number of nitrogens with one attached hydrogen (secondary N) is 2. The molecule has 0 bridgehead atoms. The molecular weight excluding hydrogens is 457 g/mol. The van der Waals surface area contributed by atoms with Crippen molar-refractivity contribution in [2.75, 3.05) is 11.9 Å². The molecule has 0 fully saturated rings. The summed E-state index contributed by atoms with van der Waals surface area (Å²) in [5, 5.41) is 6.99. The summed E-state index contributed by atoms with van der Waals surface area (Å²) >= 11 is 5.70. The van der Waals surface area contributed by atoms with Crippen molar-refractivity contribution in [3.8, 4) is 0 Å². The van der Waals surface area contributed by atoms with Crippen molar-refractivity contribution in [2.45, 2.75) is 6.92 Å². The molecule has 0 spiro atoms. The number of hydrogen-bond donors (Lipinski definition) is 2. The first kappa shape index (κ1) is 17.0. The standard InChI is InChI=1S/C16H15BrIN3O/c1-11-2-3-12(8-15(11)17)9-20-21-16(22)10-19-14-6-4-13(18)5-7-14/h2-9,19H,10H2,1H3,(H,21,22)/b20-9-. The highest BCUT2D eigenvalue weighted by Crippen LogP contribution is 2.16. The molecule has 2 aromatic rings. The third-order valence-electron chi connectivity index (χ3n) is 2.90. The van der Waals surface area contributed by atoms with Gasteiger partial charge in [0.15, 0.2) is 0 Å². The van der Waals surface area contributed by atoms with E-state index in [-0.39, 0.29) is 12.5 Å². The first-order valence-corrected chi connectivity index (χ1v) is 8.49. The summed E-state index contributed by atoms with van der Waals surface area (Å²) in [4.78, 5) is 11.7. The number of carbonyl (C=O) groups excluding carboxylic acids is 1. The molecule has 2 rings (SSSR count). The predicted octanol–water partition coefficient (Wildman–Crippen LogP) is 3.92. The normalized spacial score (nSPS) is 10.7. The Labute approximate surface area is 151 Å². The number of amides is 1. The Hall–Kier alpha value is -1.41. The Balaban J connectivity index is 1.80. The van der Waals surface area contributed by atoms with Crippen molar-refractivity contribution in [1.82, 2.24) is 5.43 Å². The third kappa shape index (κ3) is 5.42. The van der Waals surface area contributed by atoms with Gasteiger partial charge in [0, 0.05) is 13.7 Å². The van der Waals surface area contributed by atoms with Crippen LogP contribution in [-0.4, -0.2) is 18.7 Å². The zero-order valence-electron chi connectivity index (χ0n) is 11.9. The van der Waals surface area contributed by atoms with Crippen LogP contribution in [0.5, 0.6) is 0 Å². The van der Waals surface area contributed by atoms with Crippen LogP contribution in [0.25, 0.3) is 0 Å². The lowest BCUT2D eigenvalue weighted by molar-refractivity contribution is -0.119. The van der Waals surface area contributed by atoms with Crippen molar-refractivity contribution < 1.29 is 4.79 Å². The fraction of sp³-hybridized carbons (Fsp3) is 0.125. The van der Waals surface area contributed by atoms with Crippen LogP contribution in [0.4, 0.5) is 5.69 Å². The number of benzene rings is 2. The van der Waals surface area contributed by atoms with Gasteiger partial charge in [-0.3, -0.25) is 4.79 Å². The van der Waals surface area contributed by atoms with E-state index in [0.29, 0.717) is 0 Å². The van der Waals surface area contributed by atoms with Crippen molar-refractivity contribution in [1.29, 1.82) is 0 Å². The van der Waals surface area contributed by atoms with E-state index in [1.807, 2.05) is 49.4 Å². The summed E-state index contributed by atoms with van der Waals surface area (Å²) in [6.07, 6.45) is 1.62. The fourth-order valence-corrected chi connectivity index (χ4v) is 2.41. The Morgan fingerprint density at radius 2 is 2.00 bits per heavy atom. The SMILES string of the molecule is Cc1ccc(/C=N\NC(=O)CNc2ccc(I)cc2)cc1Br. The maximum Gasteiger partial charge on any atom is 0.259 e. The van der Waals surface area contributed by atoms with Gasteiger partial charge in [0.05, 0.1) is 12.8 Å². The second kappa shape index (κ2) is 8.28. The Morgan fingerprint density at radius 3 is 2.68 bits per heavy atom. The molecule has 22 heavy (non-hydrogen) atoms. The van der Waals surface area contributed by atoms with E-state index < -0.39 is 0 Å². The number of rotatable bonds is 5. The van der Waals surface area contributed by atoms with E-state index in [0.717, 1.165) is 24.9 Å². The molecule has 0 saturated carbocycles. The Kier molecular flexibility index (Phi) is 6.38. The van der Waals surface area contributed by atoms with Crippen molar-refractivity contribution in [3.63, 3.8) is 0 Å². The summed E-state index contributed by atoms with van der Waals surface area (Å²) in [6, 6.07) is 13.7. The monoisotopic (exact) mass is 471 g/mol. The number of anilines is 1. The summed E-state index contributed by atoms with van der Waals surface area (Å²) in [5.41, 5.74) is 5.48. The highest BCUT2D eigenvalue weighted by Gasteiger charge is 2.00. The summed E-state index contributed by atoms with van der Waals surface area (Å²) in [5.74, 6) is -0.194. The summed E-state index contributed by atoms with van der Waals surface area (Å²) in [7, 11) is 0. The number of carbonyl (C=O) groups is 1. The number of hydrazone groups is 1. The average Bonchev–Trinajstić information content (AvgIpc) is 2.50. The van der Waals surface area contributed by atoms with Crippen molar-refractivity contribution in [3.05, 3.63) is 61.6 Å². The third-order valence-corrected chi connectivity index (χ3v) is 4.47. The van der Waals surface area contributed by atoms with Crippen LogP contribution >= 0.6 is 38.5 Å². The average molecular weight is 472 g/mol. The van der Waals surface area contributed by atoms with Crippen LogP contribution < -0.4 is 10.7 Å². The molecule has 0 aliphatic rings. The quantitative estimate of drug-likeness (QED) is 0.394. The van der Waals surface area contributed by atoms with Gasteiger partial charge in [-0.2, -0.15) is 5.10 Å². The van der Waals surface area contributed by atoms with E-state index in [1.165, 1.54) is 0 Å². The van der Waals surface area contributed by atoms with E-state index in [4.69, 9.17) is 0 Å². The summed E-state index contributed by atoms with van der Waals surface area (Å²) < 4.78 is 2.17. The smallest absolute Gasteiger partial charge is 0.259 e. The molecule has 0 aliphatic carbocycles. The van der Waals surface area contributed by atoms with E-state index in [9.17, 15) is 4.79 Å². The highest BCUT2D eigenvalue weighted by molar-refractivity contribution is 14.1. The molecule has 0 aliphatic heterocycles. The van der Waals surface area contributed by atoms with Crippen LogP contribution in [0.1, 0.15) is 11.1 Å². The van der Waals surface area contributed by atoms with Crippen LogP contribution in [0, 0.1) is 10.5 Å². The first-order valence-electron chi connectivity index (χ1n) is 6.62. The van der Waals surface area contributed by atoms with Gasteiger partial charge in [-0.1, -0.05) is 28.1 Å². The van der Waals surface area contributed by atoms with Gasteiger partial charge < -0.3 is 5.32 Å². The maximum absolute atomic E-state index is 11.7. The van der Waals surface area contributed by atoms with Gasteiger partial charge in [0.1, 0.15) is 0 Å². The Bertz CT molecular complexity index is 686. The Morgan fingerprint density at radius 1 is 1.27 bits per heavy atom. The molecule has 6 heteroatoms. The lowest BCUT2D eigenvalue weighted by Gasteiger charge is -2.05. The van der Waals surface area contributed by atoms with Gasteiger partial charge in [0.2, 0.25) is 0 Å². The maximum atomic E-state index is 11.7. The minimum Gasteiger partial charge on any atom is -0.376 e.